The number of amides is 1. The number of nitrogens with zero attached hydrogens (tertiary/aromatic N) is 3. The summed E-state index contributed by atoms with van der Waals surface area (Å²) in [6, 6.07) is 15.3. The molecule has 1 atom stereocenters. The standard InChI is InChI=1S/C36H49N5O4S.C2H6/c1-9-11-12-19-41(18-10-2)24-27-23-28(16-17-37-27)45-32-15-13-14-25-20-31(40(6)33(25)32)35(42)38-29-21-26(36(3,4)5)22-30(34(29)44-7)39-46(8)43;1-2/h13-17,20-23,39H,9-12,18-19,24H2,1-8H3,(H,38,42);1-2H3. The van der Waals surface area contributed by atoms with E-state index in [0.29, 0.717) is 34.3 Å². The average Bonchev–Trinajstić information content (AvgIpc) is 3.39. The van der Waals surface area contributed by atoms with Crippen molar-refractivity contribution in [2.45, 2.75) is 86.1 Å². The van der Waals surface area contributed by atoms with Gasteiger partial charge in [0.15, 0.2) is 11.5 Å². The molecule has 0 aliphatic carbocycles. The topological polar surface area (TPSA) is 97.7 Å². The second kappa shape index (κ2) is 18.0. The molecule has 262 valence electrons. The first-order valence-electron chi connectivity index (χ1n) is 17.0. The van der Waals surface area contributed by atoms with Gasteiger partial charge in [0.1, 0.15) is 22.4 Å². The predicted octanol–water partition coefficient (Wildman–Crippen LogP) is 9.06. The highest BCUT2D eigenvalue weighted by atomic mass is 32.2. The number of carbonyl (C=O) groups excluding carboxylic acids is 1. The second-order valence-corrected chi connectivity index (χ2v) is 13.8. The molecule has 9 nitrogen and oxygen atoms in total. The third-order valence-electron chi connectivity index (χ3n) is 7.93. The van der Waals surface area contributed by atoms with Crippen LogP contribution >= 0.6 is 0 Å². The Labute approximate surface area is 290 Å². The van der Waals surface area contributed by atoms with Gasteiger partial charge in [0.25, 0.3) is 5.91 Å². The highest BCUT2D eigenvalue weighted by molar-refractivity contribution is 7.85. The SMILES string of the molecule is CC.CCCCCN(CCC)Cc1cc(Oc2cccc3cc(C(=O)Nc4cc(C(C)(C)C)cc(NS(C)=O)c4OC)n(C)c23)ccn1. The van der Waals surface area contributed by atoms with Crippen LogP contribution in [0.15, 0.2) is 54.7 Å². The van der Waals surface area contributed by atoms with Crippen LogP contribution in [0, 0.1) is 0 Å². The van der Waals surface area contributed by atoms with E-state index >= 15 is 0 Å². The fraction of sp³-hybridized carbons (Fsp3) is 0.474. The molecule has 0 bridgehead atoms. The highest BCUT2D eigenvalue weighted by Gasteiger charge is 2.23. The Bertz CT molecular complexity index is 1680. The second-order valence-electron chi connectivity index (χ2n) is 12.7. The van der Waals surface area contributed by atoms with E-state index in [9.17, 15) is 9.00 Å². The number of aryl methyl sites for hydroxylation is 1. The molecule has 2 heterocycles. The number of carbonyl (C=O) groups is 1. The summed E-state index contributed by atoms with van der Waals surface area (Å²) >= 11 is 0. The van der Waals surface area contributed by atoms with Crippen LogP contribution in [0.1, 0.15) is 95.9 Å². The summed E-state index contributed by atoms with van der Waals surface area (Å²) in [4.78, 5) is 20.9. The van der Waals surface area contributed by atoms with Crippen molar-refractivity contribution in [3.8, 4) is 17.2 Å². The maximum absolute atomic E-state index is 13.8. The predicted molar refractivity (Wildman–Crippen MR) is 201 cm³/mol. The number of unbranched alkanes of at least 4 members (excludes halogenated alkanes) is 2. The Hall–Kier alpha value is -3.89. The van der Waals surface area contributed by atoms with Crippen molar-refractivity contribution in [3.63, 3.8) is 0 Å². The minimum atomic E-state index is -1.33. The van der Waals surface area contributed by atoms with Crippen molar-refractivity contribution in [1.29, 1.82) is 0 Å². The van der Waals surface area contributed by atoms with Crippen molar-refractivity contribution in [2.75, 3.05) is 36.5 Å². The zero-order valence-corrected chi connectivity index (χ0v) is 31.3. The van der Waals surface area contributed by atoms with Gasteiger partial charge in [0, 0.05) is 37.5 Å². The number of pyridine rings is 1. The first kappa shape index (κ1) is 38.6. The van der Waals surface area contributed by atoms with Crippen LogP contribution in [0.4, 0.5) is 11.4 Å². The van der Waals surface area contributed by atoms with Crippen LogP contribution < -0.4 is 19.5 Å². The monoisotopic (exact) mass is 677 g/mol. The van der Waals surface area contributed by atoms with E-state index in [1.165, 1.54) is 26.4 Å². The van der Waals surface area contributed by atoms with E-state index in [1.807, 2.05) is 74.0 Å². The summed E-state index contributed by atoms with van der Waals surface area (Å²) in [6.07, 6.45) is 8.06. The molecule has 0 saturated heterocycles. The van der Waals surface area contributed by atoms with Gasteiger partial charge in [0.05, 0.1) is 29.7 Å². The van der Waals surface area contributed by atoms with E-state index in [4.69, 9.17) is 9.47 Å². The van der Waals surface area contributed by atoms with Gasteiger partial charge < -0.3 is 24.1 Å². The number of ether oxygens (including phenoxy) is 2. The van der Waals surface area contributed by atoms with Crippen LogP contribution in [0.2, 0.25) is 0 Å². The van der Waals surface area contributed by atoms with Gasteiger partial charge in [-0.05, 0) is 67.2 Å². The number of aromatic nitrogens is 2. The molecule has 0 saturated carbocycles. The van der Waals surface area contributed by atoms with Crippen LogP contribution in [-0.4, -0.2) is 51.0 Å². The first-order valence-corrected chi connectivity index (χ1v) is 18.6. The first-order chi connectivity index (χ1) is 22.9. The zero-order chi connectivity index (χ0) is 35.4. The highest BCUT2D eigenvalue weighted by Crippen LogP contribution is 2.39. The van der Waals surface area contributed by atoms with Gasteiger partial charge in [-0.2, -0.15) is 0 Å². The van der Waals surface area contributed by atoms with E-state index in [0.717, 1.165) is 48.2 Å². The molecule has 0 aliphatic rings. The number of hydrogen-bond donors (Lipinski definition) is 2. The van der Waals surface area contributed by atoms with Crippen LogP contribution in [-0.2, 0) is 30.0 Å². The number of nitrogens with one attached hydrogen (secondary N) is 2. The zero-order valence-electron chi connectivity index (χ0n) is 30.5. The molecule has 1 amide bonds. The van der Waals surface area contributed by atoms with Crippen LogP contribution in [0.5, 0.6) is 17.2 Å². The fourth-order valence-electron chi connectivity index (χ4n) is 5.60. The number of anilines is 2. The third kappa shape index (κ3) is 10.1. The average molecular weight is 678 g/mol. The smallest absolute Gasteiger partial charge is 0.272 e. The number of para-hydroxylation sites is 1. The van der Waals surface area contributed by atoms with E-state index in [1.54, 1.807) is 12.5 Å². The molecule has 4 rings (SSSR count). The molecule has 48 heavy (non-hydrogen) atoms. The molecular weight excluding hydrogens is 623 g/mol. The van der Waals surface area contributed by atoms with Gasteiger partial charge in [-0.1, -0.05) is 73.4 Å². The minimum Gasteiger partial charge on any atom is -0.492 e. The Balaban J connectivity index is 0.00000307. The van der Waals surface area contributed by atoms with Gasteiger partial charge in [0.2, 0.25) is 0 Å². The van der Waals surface area contributed by atoms with Crippen molar-refractivity contribution in [1.82, 2.24) is 14.5 Å². The Morgan fingerprint density at radius 3 is 2.38 bits per heavy atom. The Kier molecular flexibility index (Phi) is 14.5. The van der Waals surface area contributed by atoms with E-state index in [2.05, 4.69) is 54.5 Å². The van der Waals surface area contributed by atoms with E-state index < -0.39 is 11.0 Å². The molecule has 4 aromatic rings. The molecular formula is C38H55N5O4S. The number of rotatable bonds is 15. The summed E-state index contributed by atoms with van der Waals surface area (Å²) in [5.41, 5.74) is 4.01. The molecule has 2 aromatic heterocycles. The van der Waals surface area contributed by atoms with E-state index in [-0.39, 0.29) is 11.3 Å². The number of fused-ring (bicyclic) bond motifs is 1. The summed E-state index contributed by atoms with van der Waals surface area (Å²) in [7, 11) is 2.06. The Morgan fingerprint density at radius 1 is 1.00 bits per heavy atom. The lowest BCUT2D eigenvalue weighted by Gasteiger charge is -2.24. The van der Waals surface area contributed by atoms with Gasteiger partial charge in [-0.3, -0.25) is 14.7 Å². The molecule has 2 N–H and O–H groups in total. The largest absolute Gasteiger partial charge is 0.492 e. The van der Waals surface area contributed by atoms with Gasteiger partial charge in [-0.15, -0.1) is 0 Å². The minimum absolute atomic E-state index is 0.223. The fourth-order valence-corrected chi connectivity index (χ4v) is 6.07. The normalized spacial score (nSPS) is 12.0. The number of methoxy groups -OCH3 is 1. The lowest BCUT2D eigenvalue weighted by Crippen LogP contribution is -2.25. The molecule has 10 heteroatoms. The molecule has 0 spiro atoms. The van der Waals surface area contributed by atoms with Crippen molar-refractivity contribution in [2.24, 2.45) is 7.05 Å². The Morgan fingerprint density at radius 2 is 1.73 bits per heavy atom. The maximum Gasteiger partial charge on any atom is 0.272 e. The summed E-state index contributed by atoms with van der Waals surface area (Å²) in [5, 5.41) is 3.93. The molecule has 0 aliphatic heterocycles. The third-order valence-corrected chi connectivity index (χ3v) is 8.44. The summed E-state index contributed by atoms with van der Waals surface area (Å²) < 4.78 is 29.0. The lowest BCUT2D eigenvalue weighted by atomic mass is 9.86. The molecule has 1 unspecified atom stereocenters. The summed E-state index contributed by atoms with van der Waals surface area (Å²) in [5.74, 6) is 1.46. The summed E-state index contributed by atoms with van der Waals surface area (Å²) in [6.45, 7) is 17.6. The lowest BCUT2D eigenvalue weighted by molar-refractivity contribution is 0.101. The van der Waals surface area contributed by atoms with Gasteiger partial charge >= 0.3 is 0 Å². The maximum atomic E-state index is 13.8. The number of benzene rings is 2. The van der Waals surface area contributed by atoms with Crippen molar-refractivity contribution >= 4 is 39.2 Å². The molecule has 2 aromatic carbocycles. The van der Waals surface area contributed by atoms with Crippen LogP contribution in [0.25, 0.3) is 10.9 Å². The molecule has 0 fully saturated rings. The van der Waals surface area contributed by atoms with Gasteiger partial charge in [-0.25, -0.2) is 4.21 Å². The number of hydrogen-bond acceptors (Lipinski definition) is 6. The van der Waals surface area contributed by atoms with Crippen LogP contribution in [0.3, 0.4) is 0 Å². The van der Waals surface area contributed by atoms with Crippen molar-refractivity contribution in [3.05, 3.63) is 71.7 Å². The molecule has 0 radical (unpaired) electrons. The quantitative estimate of drug-likeness (QED) is 0.122. The van der Waals surface area contributed by atoms with Crippen molar-refractivity contribution < 1.29 is 18.5 Å².